The lowest BCUT2D eigenvalue weighted by Gasteiger charge is -2.02. The third kappa shape index (κ3) is 4.99. The highest BCUT2D eigenvalue weighted by Gasteiger charge is 2.14. The van der Waals surface area contributed by atoms with Crippen LogP contribution in [0.15, 0.2) is 48.5 Å². The van der Waals surface area contributed by atoms with Crippen LogP contribution < -0.4 is 5.32 Å². The van der Waals surface area contributed by atoms with E-state index in [9.17, 15) is 14.0 Å². The van der Waals surface area contributed by atoms with E-state index in [1.54, 1.807) is 12.1 Å². The number of aromatic nitrogens is 1. The number of ketones is 1. The first-order valence-electron chi connectivity index (χ1n) is 8.24. The highest BCUT2D eigenvalue weighted by Crippen LogP contribution is 2.31. The van der Waals surface area contributed by atoms with E-state index in [2.05, 4.69) is 10.3 Å². The lowest BCUT2D eigenvalue weighted by atomic mass is 10.1. The van der Waals surface area contributed by atoms with Crippen LogP contribution >= 0.6 is 22.9 Å². The van der Waals surface area contributed by atoms with Crippen LogP contribution in [-0.4, -0.2) is 16.7 Å². The molecular weight excluding hydrogens is 387 g/mol. The number of amides is 1. The summed E-state index contributed by atoms with van der Waals surface area (Å²) < 4.78 is 12.9. The van der Waals surface area contributed by atoms with Crippen LogP contribution in [0, 0.1) is 12.7 Å². The summed E-state index contributed by atoms with van der Waals surface area (Å²) in [5, 5.41) is 3.86. The maximum atomic E-state index is 12.9. The van der Waals surface area contributed by atoms with Crippen molar-refractivity contribution in [2.24, 2.45) is 0 Å². The molecule has 0 saturated heterocycles. The topological polar surface area (TPSA) is 59.1 Å². The van der Waals surface area contributed by atoms with E-state index in [1.165, 1.54) is 35.6 Å². The first kappa shape index (κ1) is 19.2. The van der Waals surface area contributed by atoms with Gasteiger partial charge in [0.2, 0.25) is 5.91 Å². The molecule has 138 valence electrons. The monoisotopic (exact) mass is 402 g/mol. The molecule has 0 spiro atoms. The summed E-state index contributed by atoms with van der Waals surface area (Å²) in [6.45, 7) is 1.93. The first-order valence-corrected chi connectivity index (χ1v) is 9.44. The van der Waals surface area contributed by atoms with E-state index in [0.717, 1.165) is 16.1 Å². The first-order chi connectivity index (χ1) is 12.9. The SMILES string of the molecule is Cc1sc(NC(=O)CCC(=O)c2ccc(F)cc2)nc1-c1ccc(Cl)cc1. The normalized spacial score (nSPS) is 10.6. The Morgan fingerprint density at radius 1 is 1.07 bits per heavy atom. The lowest BCUT2D eigenvalue weighted by Crippen LogP contribution is -2.13. The molecule has 3 aromatic rings. The number of halogens is 2. The van der Waals surface area contributed by atoms with Crippen molar-refractivity contribution in [2.75, 3.05) is 5.32 Å². The number of nitrogens with one attached hydrogen (secondary N) is 1. The molecule has 0 radical (unpaired) electrons. The van der Waals surface area contributed by atoms with Crippen LogP contribution in [0.2, 0.25) is 5.02 Å². The number of nitrogens with zero attached hydrogens (tertiary/aromatic N) is 1. The van der Waals surface area contributed by atoms with Crippen LogP contribution in [0.1, 0.15) is 28.1 Å². The Morgan fingerprint density at radius 3 is 2.41 bits per heavy atom. The molecule has 1 N–H and O–H groups in total. The molecule has 0 saturated carbocycles. The van der Waals surface area contributed by atoms with Gasteiger partial charge in [-0.3, -0.25) is 9.59 Å². The van der Waals surface area contributed by atoms with Gasteiger partial charge in [-0.05, 0) is 43.3 Å². The number of hydrogen-bond acceptors (Lipinski definition) is 4. The van der Waals surface area contributed by atoms with E-state index < -0.39 is 5.82 Å². The highest BCUT2D eigenvalue weighted by atomic mass is 35.5. The van der Waals surface area contributed by atoms with Gasteiger partial charge in [-0.2, -0.15) is 0 Å². The van der Waals surface area contributed by atoms with Crippen molar-refractivity contribution in [3.63, 3.8) is 0 Å². The third-order valence-corrected chi connectivity index (χ3v) is 5.04. The second-order valence-electron chi connectivity index (χ2n) is 5.91. The van der Waals surface area contributed by atoms with Crippen molar-refractivity contribution in [3.05, 3.63) is 69.8 Å². The molecule has 2 aromatic carbocycles. The summed E-state index contributed by atoms with van der Waals surface area (Å²) in [5.74, 6) is -0.899. The van der Waals surface area contributed by atoms with Crippen molar-refractivity contribution in [1.82, 2.24) is 4.98 Å². The number of carbonyl (C=O) groups excluding carboxylic acids is 2. The molecule has 0 aliphatic carbocycles. The Bertz CT molecular complexity index is 969. The number of thiazole rings is 1. The standard InChI is InChI=1S/C20H16ClFN2O2S/c1-12-19(14-2-6-15(21)7-3-14)24-20(27-12)23-18(26)11-10-17(25)13-4-8-16(22)9-5-13/h2-9H,10-11H2,1H3,(H,23,24,26). The number of rotatable bonds is 6. The van der Waals surface area contributed by atoms with Gasteiger partial charge < -0.3 is 5.32 Å². The summed E-state index contributed by atoms with van der Waals surface area (Å²) in [5.41, 5.74) is 2.09. The maximum absolute atomic E-state index is 12.9. The summed E-state index contributed by atoms with van der Waals surface area (Å²) in [4.78, 5) is 29.6. The fourth-order valence-electron chi connectivity index (χ4n) is 2.51. The van der Waals surface area contributed by atoms with Crippen molar-refractivity contribution < 1.29 is 14.0 Å². The molecule has 0 unspecified atom stereocenters. The van der Waals surface area contributed by atoms with Crippen LogP contribution in [0.25, 0.3) is 11.3 Å². The van der Waals surface area contributed by atoms with Gasteiger partial charge in [0.25, 0.3) is 0 Å². The fourth-order valence-corrected chi connectivity index (χ4v) is 3.49. The van der Waals surface area contributed by atoms with Crippen LogP contribution in [0.3, 0.4) is 0 Å². The Kier molecular flexibility index (Phi) is 5.98. The average Bonchev–Trinajstić information content (AvgIpc) is 3.01. The zero-order valence-corrected chi connectivity index (χ0v) is 16.0. The molecule has 1 amide bonds. The average molecular weight is 403 g/mol. The van der Waals surface area contributed by atoms with Gasteiger partial charge in [0.15, 0.2) is 10.9 Å². The van der Waals surface area contributed by atoms with Gasteiger partial charge in [0, 0.05) is 33.9 Å². The van der Waals surface area contributed by atoms with Crippen LogP contribution in [-0.2, 0) is 4.79 Å². The van der Waals surface area contributed by atoms with Crippen molar-refractivity contribution in [3.8, 4) is 11.3 Å². The molecule has 0 aliphatic rings. The molecule has 1 heterocycles. The van der Waals surface area contributed by atoms with Crippen LogP contribution in [0.4, 0.5) is 9.52 Å². The molecule has 0 aliphatic heterocycles. The molecule has 7 heteroatoms. The molecule has 4 nitrogen and oxygen atoms in total. The van der Waals surface area contributed by atoms with E-state index in [4.69, 9.17) is 11.6 Å². The summed E-state index contributed by atoms with van der Waals surface area (Å²) in [7, 11) is 0. The predicted molar refractivity (Wildman–Crippen MR) is 106 cm³/mol. The lowest BCUT2D eigenvalue weighted by molar-refractivity contribution is -0.116. The Morgan fingerprint density at radius 2 is 1.74 bits per heavy atom. The zero-order valence-electron chi connectivity index (χ0n) is 14.5. The Balaban J connectivity index is 1.59. The summed E-state index contributed by atoms with van der Waals surface area (Å²) in [6, 6.07) is 12.6. The number of Topliss-reactive ketones (excluding diaryl/α,β-unsaturated/α-hetero) is 1. The van der Waals surface area contributed by atoms with E-state index in [1.807, 2.05) is 19.1 Å². The highest BCUT2D eigenvalue weighted by molar-refractivity contribution is 7.16. The molecule has 0 atom stereocenters. The maximum Gasteiger partial charge on any atom is 0.226 e. The van der Waals surface area contributed by atoms with Gasteiger partial charge in [-0.1, -0.05) is 23.7 Å². The van der Waals surface area contributed by atoms with E-state index >= 15 is 0 Å². The molecule has 3 rings (SSSR count). The summed E-state index contributed by atoms with van der Waals surface area (Å²) in [6.07, 6.45) is 0.0803. The second kappa shape index (κ2) is 8.41. The van der Waals surface area contributed by atoms with Crippen molar-refractivity contribution in [2.45, 2.75) is 19.8 Å². The number of hydrogen-bond donors (Lipinski definition) is 1. The fraction of sp³-hybridized carbons (Fsp3) is 0.150. The minimum Gasteiger partial charge on any atom is -0.302 e. The number of benzene rings is 2. The van der Waals surface area contributed by atoms with E-state index in [0.29, 0.717) is 15.7 Å². The number of aryl methyl sites for hydroxylation is 1. The minimum atomic E-state index is -0.403. The van der Waals surface area contributed by atoms with Gasteiger partial charge in [0.05, 0.1) is 5.69 Å². The Labute approximate surface area is 165 Å². The van der Waals surface area contributed by atoms with Gasteiger partial charge in [-0.15, -0.1) is 11.3 Å². The number of carbonyl (C=O) groups is 2. The minimum absolute atomic E-state index is 0.0329. The molecule has 1 aromatic heterocycles. The molecular formula is C20H16ClFN2O2S. The molecule has 27 heavy (non-hydrogen) atoms. The van der Waals surface area contributed by atoms with E-state index in [-0.39, 0.29) is 24.5 Å². The summed E-state index contributed by atoms with van der Waals surface area (Å²) >= 11 is 7.28. The number of anilines is 1. The van der Waals surface area contributed by atoms with Gasteiger partial charge in [0.1, 0.15) is 5.82 Å². The zero-order chi connectivity index (χ0) is 19.4. The van der Waals surface area contributed by atoms with Crippen molar-refractivity contribution in [1.29, 1.82) is 0 Å². The largest absolute Gasteiger partial charge is 0.302 e. The molecule has 0 bridgehead atoms. The predicted octanol–water partition coefficient (Wildman–Crippen LogP) is 5.51. The van der Waals surface area contributed by atoms with Crippen LogP contribution in [0.5, 0.6) is 0 Å². The van der Waals surface area contributed by atoms with Gasteiger partial charge in [-0.25, -0.2) is 9.37 Å². The second-order valence-corrected chi connectivity index (χ2v) is 7.55. The third-order valence-electron chi connectivity index (χ3n) is 3.91. The molecule has 0 fully saturated rings. The smallest absolute Gasteiger partial charge is 0.226 e. The van der Waals surface area contributed by atoms with Crippen molar-refractivity contribution >= 4 is 39.8 Å². The van der Waals surface area contributed by atoms with Gasteiger partial charge >= 0.3 is 0 Å². The quantitative estimate of drug-likeness (QED) is 0.553. The Hall–Kier alpha value is -2.57.